The Bertz CT molecular complexity index is 304. The number of hydrogen-bond acceptors (Lipinski definition) is 1. The molecule has 1 aromatic rings. The topological polar surface area (TPSA) is 17.1 Å². The van der Waals surface area contributed by atoms with Gasteiger partial charge >= 0.3 is 0 Å². The molecule has 1 nitrogen and oxygen atoms in total. The van der Waals surface area contributed by atoms with Crippen LogP contribution in [0.25, 0.3) is 0 Å². The molecule has 1 aliphatic rings. The molecule has 0 saturated heterocycles. The molecule has 0 N–H and O–H groups in total. The Morgan fingerprint density at radius 2 is 2.17 bits per heavy atom. The van der Waals surface area contributed by atoms with Crippen LogP contribution in [0.1, 0.15) is 23.5 Å². The summed E-state index contributed by atoms with van der Waals surface area (Å²) in [6.07, 6.45) is 2.13. The maximum Gasteiger partial charge on any atom is 0.123 e. The quantitative estimate of drug-likeness (QED) is 0.607. The van der Waals surface area contributed by atoms with Crippen LogP contribution in [0.15, 0.2) is 24.3 Å². The van der Waals surface area contributed by atoms with E-state index in [0.29, 0.717) is 11.8 Å². The van der Waals surface area contributed by atoms with Gasteiger partial charge in [-0.3, -0.25) is 0 Å². The summed E-state index contributed by atoms with van der Waals surface area (Å²) in [6, 6.07) is 8.32. The third-order valence-corrected chi connectivity index (χ3v) is 2.60. The molecular weight excluding hydrogens is 148 g/mol. The van der Waals surface area contributed by atoms with Gasteiger partial charge in [-0.15, -0.1) is 0 Å². The molecule has 0 aliphatic heterocycles. The fourth-order valence-electron chi connectivity index (χ4n) is 1.73. The first-order valence-corrected chi connectivity index (χ1v) is 4.33. The number of benzene rings is 1. The SMILES string of the molecule is Cc1ccccc1C1CC1C=O. The van der Waals surface area contributed by atoms with Crippen LogP contribution in [-0.4, -0.2) is 6.29 Å². The summed E-state index contributed by atoms with van der Waals surface area (Å²) in [5, 5.41) is 0. The summed E-state index contributed by atoms with van der Waals surface area (Å²) in [4.78, 5) is 10.5. The Kier molecular flexibility index (Phi) is 1.72. The molecule has 1 aliphatic carbocycles. The van der Waals surface area contributed by atoms with Gasteiger partial charge in [0.25, 0.3) is 0 Å². The van der Waals surface area contributed by atoms with E-state index in [4.69, 9.17) is 0 Å². The van der Waals surface area contributed by atoms with Crippen LogP contribution in [-0.2, 0) is 4.79 Å². The van der Waals surface area contributed by atoms with E-state index in [0.717, 1.165) is 12.7 Å². The van der Waals surface area contributed by atoms with Gasteiger partial charge in [-0.25, -0.2) is 0 Å². The van der Waals surface area contributed by atoms with Crippen molar-refractivity contribution in [3.05, 3.63) is 35.4 Å². The van der Waals surface area contributed by atoms with Crippen molar-refractivity contribution in [3.8, 4) is 0 Å². The highest BCUT2D eigenvalue weighted by atomic mass is 16.1. The average Bonchev–Trinajstić information content (AvgIpc) is 2.84. The lowest BCUT2D eigenvalue weighted by Crippen LogP contribution is -1.87. The second-order valence-electron chi connectivity index (χ2n) is 3.50. The van der Waals surface area contributed by atoms with Crippen LogP contribution in [0, 0.1) is 12.8 Å². The van der Waals surface area contributed by atoms with Crippen molar-refractivity contribution in [2.24, 2.45) is 5.92 Å². The highest BCUT2D eigenvalue weighted by Crippen LogP contribution is 2.46. The number of carbonyl (C=O) groups is 1. The maximum atomic E-state index is 10.5. The molecule has 0 heterocycles. The number of aryl methyl sites for hydroxylation is 1. The summed E-state index contributed by atoms with van der Waals surface area (Å²) < 4.78 is 0. The molecule has 0 aromatic heterocycles. The summed E-state index contributed by atoms with van der Waals surface area (Å²) in [6.45, 7) is 2.11. The minimum absolute atomic E-state index is 0.297. The molecule has 2 unspecified atom stereocenters. The van der Waals surface area contributed by atoms with Crippen LogP contribution >= 0.6 is 0 Å². The van der Waals surface area contributed by atoms with E-state index in [1.165, 1.54) is 11.1 Å². The Hall–Kier alpha value is -1.11. The second-order valence-corrected chi connectivity index (χ2v) is 3.50. The zero-order chi connectivity index (χ0) is 8.55. The van der Waals surface area contributed by atoms with Gasteiger partial charge in [-0.05, 0) is 30.4 Å². The van der Waals surface area contributed by atoms with Crippen molar-refractivity contribution in [1.82, 2.24) is 0 Å². The van der Waals surface area contributed by atoms with Gasteiger partial charge in [0, 0.05) is 5.92 Å². The largest absolute Gasteiger partial charge is 0.303 e. The third kappa shape index (κ3) is 1.15. The lowest BCUT2D eigenvalue weighted by atomic mass is 10.0. The van der Waals surface area contributed by atoms with E-state index in [1.807, 2.05) is 12.1 Å². The average molecular weight is 160 g/mol. The van der Waals surface area contributed by atoms with Gasteiger partial charge in [0.1, 0.15) is 6.29 Å². The van der Waals surface area contributed by atoms with Crippen LogP contribution < -0.4 is 0 Å². The van der Waals surface area contributed by atoms with Crippen molar-refractivity contribution in [3.63, 3.8) is 0 Å². The zero-order valence-corrected chi connectivity index (χ0v) is 7.16. The van der Waals surface area contributed by atoms with Gasteiger partial charge in [-0.1, -0.05) is 24.3 Å². The molecule has 0 amide bonds. The van der Waals surface area contributed by atoms with Crippen molar-refractivity contribution < 1.29 is 4.79 Å². The summed E-state index contributed by atoms with van der Waals surface area (Å²) in [5.41, 5.74) is 2.67. The molecule has 62 valence electrons. The number of hydrogen-bond donors (Lipinski definition) is 0. The Balaban J connectivity index is 2.25. The van der Waals surface area contributed by atoms with Crippen LogP contribution in [0.4, 0.5) is 0 Å². The predicted molar refractivity (Wildman–Crippen MR) is 48.1 cm³/mol. The highest BCUT2D eigenvalue weighted by Gasteiger charge is 2.38. The first kappa shape index (κ1) is 7.53. The molecule has 1 heteroatoms. The summed E-state index contributed by atoms with van der Waals surface area (Å²) in [5.74, 6) is 0.815. The van der Waals surface area contributed by atoms with Crippen LogP contribution in [0.5, 0.6) is 0 Å². The molecule has 2 rings (SSSR count). The van der Waals surface area contributed by atoms with Crippen LogP contribution in [0.3, 0.4) is 0 Å². The molecule has 2 atom stereocenters. The molecule has 0 spiro atoms. The Labute approximate surface area is 72.4 Å². The van der Waals surface area contributed by atoms with E-state index in [9.17, 15) is 4.79 Å². The maximum absolute atomic E-state index is 10.5. The van der Waals surface area contributed by atoms with Crippen molar-refractivity contribution in [1.29, 1.82) is 0 Å². The number of carbonyl (C=O) groups excluding carboxylic acids is 1. The van der Waals surface area contributed by atoms with Crippen molar-refractivity contribution in [2.45, 2.75) is 19.3 Å². The lowest BCUT2D eigenvalue weighted by molar-refractivity contribution is -0.108. The van der Waals surface area contributed by atoms with Gasteiger partial charge < -0.3 is 4.79 Å². The molecular formula is C11H12O. The van der Waals surface area contributed by atoms with E-state index < -0.39 is 0 Å². The molecule has 12 heavy (non-hydrogen) atoms. The van der Waals surface area contributed by atoms with Gasteiger partial charge in [0.05, 0.1) is 0 Å². The van der Waals surface area contributed by atoms with Gasteiger partial charge in [-0.2, -0.15) is 0 Å². The molecule has 0 bridgehead atoms. The van der Waals surface area contributed by atoms with Crippen LogP contribution in [0.2, 0.25) is 0 Å². The monoisotopic (exact) mass is 160 g/mol. The third-order valence-electron chi connectivity index (χ3n) is 2.60. The van der Waals surface area contributed by atoms with E-state index in [1.54, 1.807) is 0 Å². The van der Waals surface area contributed by atoms with Crippen molar-refractivity contribution in [2.75, 3.05) is 0 Å². The summed E-state index contributed by atoms with van der Waals surface area (Å²) in [7, 11) is 0. The zero-order valence-electron chi connectivity index (χ0n) is 7.16. The predicted octanol–water partition coefficient (Wildman–Crippen LogP) is 2.30. The summed E-state index contributed by atoms with van der Waals surface area (Å²) >= 11 is 0. The van der Waals surface area contributed by atoms with E-state index in [-0.39, 0.29) is 0 Å². The molecule has 0 radical (unpaired) electrons. The second kappa shape index (κ2) is 2.74. The Morgan fingerprint density at radius 1 is 1.42 bits per heavy atom. The number of aldehydes is 1. The minimum atomic E-state index is 0.297. The Morgan fingerprint density at radius 3 is 2.75 bits per heavy atom. The van der Waals surface area contributed by atoms with Crippen molar-refractivity contribution >= 4 is 6.29 Å². The van der Waals surface area contributed by atoms with Gasteiger partial charge in [0.2, 0.25) is 0 Å². The highest BCUT2D eigenvalue weighted by molar-refractivity contribution is 5.61. The smallest absolute Gasteiger partial charge is 0.123 e. The van der Waals surface area contributed by atoms with E-state index >= 15 is 0 Å². The number of rotatable bonds is 2. The normalized spacial score (nSPS) is 26.8. The first-order valence-electron chi connectivity index (χ1n) is 4.33. The molecule has 1 saturated carbocycles. The molecule has 1 aromatic carbocycles. The molecule has 1 fully saturated rings. The lowest BCUT2D eigenvalue weighted by Gasteiger charge is -2.01. The fraction of sp³-hybridized carbons (Fsp3) is 0.364. The fourth-order valence-corrected chi connectivity index (χ4v) is 1.73. The standard InChI is InChI=1S/C11H12O/c1-8-4-2-3-5-10(8)11-6-9(11)7-12/h2-5,7,9,11H,6H2,1H3. The van der Waals surface area contributed by atoms with Gasteiger partial charge in [0.15, 0.2) is 0 Å². The first-order chi connectivity index (χ1) is 5.83. The van der Waals surface area contributed by atoms with E-state index in [2.05, 4.69) is 19.1 Å². The minimum Gasteiger partial charge on any atom is -0.303 e.